The lowest BCUT2D eigenvalue weighted by Crippen LogP contribution is -2.32. The van der Waals surface area contributed by atoms with Crippen molar-refractivity contribution in [1.82, 2.24) is 14.8 Å². The van der Waals surface area contributed by atoms with Crippen molar-refractivity contribution in [3.05, 3.63) is 101 Å². The van der Waals surface area contributed by atoms with Crippen LogP contribution in [0.3, 0.4) is 0 Å². The van der Waals surface area contributed by atoms with E-state index in [1.54, 1.807) is 23.5 Å². The van der Waals surface area contributed by atoms with Crippen LogP contribution in [0.5, 0.6) is 5.75 Å². The third kappa shape index (κ3) is 3.51. The van der Waals surface area contributed by atoms with Crippen molar-refractivity contribution >= 4 is 35.2 Å². The second kappa shape index (κ2) is 8.56. The van der Waals surface area contributed by atoms with Crippen molar-refractivity contribution in [3.63, 3.8) is 0 Å². The maximum Gasteiger partial charge on any atom is 0.227 e. The van der Waals surface area contributed by atoms with Crippen LogP contribution < -0.4 is 10.1 Å². The molecule has 0 aliphatic carbocycles. The molecule has 3 heterocycles. The molecule has 2 aliphatic rings. The van der Waals surface area contributed by atoms with Crippen molar-refractivity contribution in [2.45, 2.75) is 29.1 Å². The molecule has 0 fully saturated rings. The molecule has 3 aromatic carbocycles. The third-order valence-corrected chi connectivity index (χ3v) is 7.64. The molecule has 1 aromatic heterocycles. The highest BCUT2D eigenvalue weighted by atomic mass is 32.2. The number of anilines is 1. The highest BCUT2D eigenvalue weighted by Crippen LogP contribution is 2.50. The Morgan fingerprint density at radius 2 is 1.62 bits per heavy atom. The Kier molecular flexibility index (Phi) is 5.38. The van der Waals surface area contributed by atoms with Crippen molar-refractivity contribution in [3.8, 4) is 5.75 Å². The van der Waals surface area contributed by atoms with Crippen LogP contribution in [0, 0.1) is 6.92 Å². The van der Waals surface area contributed by atoms with Crippen LogP contribution in [0.2, 0.25) is 0 Å². The number of benzene rings is 3. The summed E-state index contributed by atoms with van der Waals surface area (Å²) in [6.45, 7) is 2.11. The lowest BCUT2D eigenvalue weighted by atomic mass is 9.84. The van der Waals surface area contributed by atoms with E-state index in [-0.39, 0.29) is 12.1 Å². The molecule has 0 unspecified atom stereocenters. The SMILES string of the molecule is CSc1ccc([C@H]2Oc3ccccc3C3=C2[C@@H](c2ccc(C)cc2)n2nc(SC)nc2N3)cc1. The van der Waals surface area contributed by atoms with E-state index in [0.717, 1.165) is 44.8 Å². The average Bonchev–Trinajstić information content (AvgIpc) is 3.30. The Balaban J connectivity index is 1.60. The van der Waals surface area contributed by atoms with E-state index in [1.807, 2.05) is 23.1 Å². The van der Waals surface area contributed by atoms with Crippen LogP contribution in [0.1, 0.15) is 34.4 Å². The molecular formula is C27H24N4OS2. The first-order chi connectivity index (χ1) is 16.7. The number of aryl methyl sites for hydroxylation is 1. The van der Waals surface area contributed by atoms with Crippen molar-refractivity contribution < 1.29 is 4.74 Å². The van der Waals surface area contributed by atoms with Crippen molar-refractivity contribution in [2.24, 2.45) is 0 Å². The molecular weight excluding hydrogens is 460 g/mol. The summed E-state index contributed by atoms with van der Waals surface area (Å²) in [5.41, 5.74) is 6.75. The molecule has 34 heavy (non-hydrogen) atoms. The summed E-state index contributed by atoms with van der Waals surface area (Å²) >= 11 is 3.29. The number of nitrogens with one attached hydrogen (secondary N) is 1. The minimum Gasteiger partial charge on any atom is -0.480 e. The van der Waals surface area contributed by atoms with E-state index in [1.165, 1.54) is 10.5 Å². The predicted molar refractivity (Wildman–Crippen MR) is 140 cm³/mol. The van der Waals surface area contributed by atoms with Gasteiger partial charge in [0.15, 0.2) is 0 Å². The first kappa shape index (κ1) is 21.4. The quantitative estimate of drug-likeness (QED) is 0.330. The second-order valence-electron chi connectivity index (χ2n) is 8.40. The van der Waals surface area contributed by atoms with Gasteiger partial charge < -0.3 is 10.1 Å². The Bertz CT molecular complexity index is 1390. The van der Waals surface area contributed by atoms with Crippen molar-refractivity contribution in [1.29, 1.82) is 0 Å². The topological polar surface area (TPSA) is 52.0 Å². The van der Waals surface area contributed by atoms with Crippen LogP contribution in [-0.4, -0.2) is 27.3 Å². The summed E-state index contributed by atoms with van der Waals surface area (Å²) in [6, 6.07) is 25.4. The Labute approximate surface area is 207 Å². The largest absolute Gasteiger partial charge is 0.480 e. The molecule has 6 rings (SSSR count). The zero-order chi connectivity index (χ0) is 23.2. The lowest BCUT2D eigenvalue weighted by Gasteiger charge is -2.39. The van der Waals surface area contributed by atoms with Crippen LogP contribution >= 0.6 is 23.5 Å². The molecule has 0 spiro atoms. The molecule has 0 saturated carbocycles. The molecule has 7 heteroatoms. The fourth-order valence-electron chi connectivity index (χ4n) is 4.67. The summed E-state index contributed by atoms with van der Waals surface area (Å²) in [5, 5.41) is 9.22. The van der Waals surface area contributed by atoms with E-state index in [2.05, 4.69) is 79.2 Å². The maximum atomic E-state index is 6.71. The fourth-order valence-corrected chi connectivity index (χ4v) is 5.42. The van der Waals surface area contributed by atoms with Gasteiger partial charge in [0.1, 0.15) is 17.9 Å². The Morgan fingerprint density at radius 3 is 2.35 bits per heavy atom. The van der Waals surface area contributed by atoms with Crippen LogP contribution in [0.15, 0.2) is 88.4 Å². The standard InChI is InChI=1S/C27H24N4OS2/c1-16-8-10-17(11-9-16)24-22-23(28-26-29-27(34-3)30-31(24)26)20-6-4-5-7-21(20)32-25(22)18-12-14-19(33-2)15-13-18/h4-15,24-25H,1-3H3,(H,28,29,30)/t24-,25-/m1/s1. The number of aromatic nitrogens is 3. The molecule has 2 atom stereocenters. The normalized spacial score (nSPS) is 18.4. The van der Waals surface area contributed by atoms with Gasteiger partial charge in [-0.3, -0.25) is 0 Å². The highest BCUT2D eigenvalue weighted by molar-refractivity contribution is 7.98. The summed E-state index contributed by atoms with van der Waals surface area (Å²) < 4.78 is 8.72. The molecule has 0 amide bonds. The first-order valence-corrected chi connectivity index (χ1v) is 13.6. The number of nitrogens with zero attached hydrogens (tertiary/aromatic N) is 3. The Morgan fingerprint density at radius 1 is 0.882 bits per heavy atom. The molecule has 0 saturated heterocycles. The molecule has 2 aliphatic heterocycles. The van der Waals surface area contributed by atoms with Gasteiger partial charge in [-0.05, 0) is 54.8 Å². The average molecular weight is 485 g/mol. The molecule has 4 aromatic rings. The van der Waals surface area contributed by atoms with E-state index >= 15 is 0 Å². The van der Waals surface area contributed by atoms with Gasteiger partial charge >= 0.3 is 0 Å². The molecule has 5 nitrogen and oxygen atoms in total. The number of ether oxygens (including phenoxy) is 1. The fraction of sp³-hybridized carbons (Fsp3) is 0.185. The zero-order valence-corrected chi connectivity index (χ0v) is 20.8. The van der Waals surface area contributed by atoms with E-state index in [0.29, 0.717) is 0 Å². The van der Waals surface area contributed by atoms with E-state index < -0.39 is 0 Å². The Hall–Kier alpha value is -3.16. The summed E-state index contributed by atoms with van der Waals surface area (Å²) in [6.07, 6.45) is 3.84. The minimum absolute atomic E-state index is 0.140. The molecule has 1 N–H and O–H groups in total. The monoisotopic (exact) mass is 484 g/mol. The van der Waals surface area contributed by atoms with Gasteiger partial charge in [0.25, 0.3) is 0 Å². The second-order valence-corrected chi connectivity index (χ2v) is 10.1. The van der Waals surface area contributed by atoms with Crippen molar-refractivity contribution in [2.75, 3.05) is 17.8 Å². The van der Waals surface area contributed by atoms with Gasteiger partial charge in [0.2, 0.25) is 11.1 Å². The summed E-state index contributed by atoms with van der Waals surface area (Å²) in [5.74, 6) is 1.62. The molecule has 0 bridgehead atoms. The van der Waals surface area contributed by atoms with Gasteiger partial charge in [-0.1, -0.05) is 65.9 Å². The van der Waals surface area contributed by atoms with Crippen LogP contribution in [0.4, 0.5) is 5.95 Å². The zero-order valence-electron chi connectivity index (χ0n) is 19.1. The molecule has 0 radical (unpaired) electrons. The highest BCUT2D eigenvalue weighted by Gasteiger charge is 2.41. The number of rotatable bonds is 4. The minimum atomic E-state index is -0.255. The van der Waals surface area contributed by atoms with Gasteiger partial charge in [-0.2, -0.15) is 4.98 Å². The van der Waals surface area contributed by atoms with Gasteiger partial charge in [0.05, 0.1) is 5.70 Å². The number of thioether (sulfide) groups is 2. The summed E-state index contributed by atoms with van der Waals surface area (Å²) in [7, 11) is 0. The number of hydrogen-bond donors (Lipinski definition) is 1. The number of para-hydroxylation sites is 1. The third-order valence-electron chi connectivity index (χ3n) is 6.35. The first-order valence-electron chi connectivity index (χ1n) is 11.1. The smallest absolute Gasteiger partial charge is 0.227 e. The van der Waals surface area contributed by atoms with E-state index in [4.69, 9.17) is 14.8 Å². The predicted octanol–water partition coefficient (Wildman–Crippen LogP) is 6.59. The van der Waals surface area contributed by atoms with Gasteiger partial charge in [0, 0.05) is 16.0 Å². The van der Waals surface area contributed by atoms with Gasteiger partial charge in [-0.25, -0.2) is 4.68 Å². The van der Waals surface area contributed by atoms with Crippen LogP contribution in [-0.2, 0) is 0 Å². The number of hydrogen-bond acceptors (Lipinski definition) is 6. The summed E-state index contributed by atoms with van der Waals surface area (Å²) in [4.78, 5) is 6.00. The molecule has 170 valence electrons. The van der Waals surface area contributed by atoms with Gasteiger partial charge in [-0.15, -0.1) is 16.9 Å². The lowest BCUT2D eigenvalue weighted by molar-refractivity contribution is 0.223. The van der Waals surface area contributed by atoms with Crippen LogP contribution in [0.25, 0.3) is 5.70 Å². The number of fused-ring (bicyclic) bond motifs is 3. The van der Waals surface area contributed by atoms with E-state index in [9.17, 15) is 0 Å². The maximum absolute atomic E-state index is 6.71.